The fourth-order valence-corrected chi connectivity index (χ4v) is 3.23. The molecular weight excluding hydrogens is 234 g/mol. The van der Waals surface area contributed by atoms with Crippen molar-refractivity contribution in [1.29, 1.82) is 0 Å². The third-order valence-electron chi connectivity index (χ3n) is 4.03. The molecule has 0 aromatic carbocycles. The first kappa shape index (κ1) is 12.9. The number of likely N-dealkylation sites (tertiary alicyclic amines) is 1. The monoisotopic (exact) mass is 253 g/mol. The molecule has 5 nitrogen and oxygen atoms in total. The molecule has 2 rings (SSSR count). The molecule has 1 spiro atoms. The molecule has 1 saturated heterocycles. The van der Waals surface area contributed by atoms with Gasteiger partial charge in [0.1, 0.15) is 6.61 Å². The first-order valence-corrected chi connectivity index (χ1v) is 6.24. The summed E-state index contributed by atoms with van der Waals surface area (Å²) in [5.74, 6) is -0.956. The minimum absolute atomic E-state index is 0.00960. The van der Waals surface area contributed by atoms with Crippen LogP contribution in [0.1, 0.15) is 26.2 Å². The molecule has 1 heterocycles. The lowest BCUT2D eigenvalue weighted by Crippen LogP contribution is -2.44. The van der Waals surface area contributed by atoms with E-state index in [9.17, 15) is 9.59 Å². The minimum Gasteiger partial charge on any atom is -0.481 e. The van der Waals surface area contributed by atoms with E-state index < -0.39 is 5.97 Å². The molecule has 1 aliphatic heterocycles. The van der Waals surface area contributed by atoms with Crippen LogP contribution in [0, 0.1) is 11.3 Å². The van der Waals surface area contributed by atoms with Crippen molar-refractivity contribution in [3.8, 4) is 0 Å². The molecular formula is C13H19NO4. The molecule has 1 aliphatic carbocycles. The van der Waals surface area contributed by atoms with Gasteiger partial charge in [-0.3, -0.25) is 4.79 Å². The van der Waals surface area contributed by atoms with Crippen LogP contribution in [0.15, 0.2) is 12.7 Å². The Labute approximate surface area is 106 Å². The van der Waals surface area contributed by atoms with E-state index in [0.29, 0.717) is 19.4 Å². The molecule has 0 aromatic heterocycles. The van der Waals surface area contributed by atoms with Gasteiger partial charge in [0, 0.05) is 12.6 Å². The van der Waals surface area contributed by atoms with Crippen LogP contribution in [-0.4, -0.2) is 41.3 Å². The molecule has 0 radical (unpaired) electrons. The Hall–Kier alpha value is -1.52. The summed E-state index contributed by atoms with van der Waals surface area (Å²) in [5, 5.41) is 8.92. The number of hydrogen-bond acceptors (Lipinski definition) is 3. The number of rotatable bonds is 3. The van der Waals surface area contributed by atoms with Gasteiger partial charge < -0.3 is 14.7 Å². The lowest BCUT2D eigenvalue weighted by Gasteiger charge is -2.42. The van der Waals surface area contributed by atoms with Crippen LogP contribution in [0.2, 0.25) is 0 Å². The third-order valence-corrected chi connectivity index (χ3v) is 4.03. The highest BCUT2D eigenvalue weighted by atomic mass is 16.6. The van der Waals surface area contributed by atoms with Crippen molar-refractivity contribution in [1.82, 2.24) is 4.90 Å². The van der Waals surface area contributed by atoms with Gasteiger partial charge in [-0.25, -0.2) is 4.79 Å². The molecule has 1 unspecified atom stereocenters. The van der Waals surface area contributed by atoms with Crippen molar-refractivity contribution >= 4 is 12.1 Å². The molecule has 1 amide bonds. The van der Waals surface area contributed by atoms with Crippen LogP contribution in [0.4, 0.5) is 4.79 Å². The largest absolute Gasteiger partial charge is 0.481 e. The maximum Gasteiger partial charge on any atom is 0.410 e. The molecule has 2 fully saturated rings. The van der Waals surface area contributed by atoms with Crippen molar-refractivity contribution < 1.29 is 19.4 Å². The predicted molar refractivity (Wildman–Crippen MR) is 65.1 cm³/mol. The highest BCUT2D eigenvalue weighted by Crippen LogP contribution is 2.53. The smallest absolute Gasteiger partial charge is 0.410 e. The Morgan fingerprint density at radius 3 is 2.72 bits per heavy atom. The van der Waals surface area contributed by atoms with E-state index in [4.69, 9.17) is 9.84 Å². The van der Waals surface area contributed by atoms with E-state index in [0.717, 1.165) is 6.42 Å². The number of hydrogen-bond donors (Lipinski definition) is 1. The summed E-state index contributed by atoms with van der Waals surface area (Å²) in [6.07, 6.45) is 3.45. The minimum atomic E-state index is -0.721. The van der Waals surface area contributed by atoms with Crippen LogP contribution in [-0.2, 0) is 9.53 Å². The maximum absolute atomic E-state index is 11.8. The number of aliphatic carboxylic acids is 1. The zero-order chi connectivity index (χ0) is 13.3. The van der Waals surface area contributed by atoms with Gasteiger partial charge in [-0.05, 0) is 31.6 Å². The van der Waals surface area contributed by atoms with Crippen LogP contribution in [0.25, 0.3) is 0 Å². The number of nitrogens with zero attached hydrogens (tertiary/aromatic N) is 1. The van der Waals surface area contributed by atoms with Crippen LogP contribution in [0.3, 0.4) is 0 Å². The summed E-state index contributed by atoms with van der Waals surface area (Å²) >= 11 is 0. The Kier molecular flexibility index (Phi) is 3.32. The van der Waals surface area contributed by atoms with Crippen molar-refractivity contribution in [3.05, 3.63) is 12.7 Å². The van der Waals surface area contributed by atoms with E-state index in [1.807, 2.05) is 6.92 Å². The number of carbonyl (C=O) groups excluding carboxylic acids is 1. The molecule has 0 aromatic rings. The highest BCUT2D eigenvalue weighted by Gasteiger charge is 2.54. The molecule has 18 heavy (non-hydrogen) atoms. The first-order chi connectivity index (χ1) is 8.47. The molecule has 5 heteroatoms. The van der Waals surface area contributed by atoms with Crippen LogP contribution < -0.4 is 0 Å². The number of amides is 1. The maximum atomic E-state index is 11.8. The fourth-order valence-electron chi connectivity index (χ4n) is 3.23. The predicted octanol–water partition coefficient (Wildman–Crippen LogP) is 1.88. The zero-order valence-electron chi connectivity index (χ0n) is 10.6. The average molecular weight is 253 g/mol. The number of carbonyl (C=O) groups is 2. The van der Waals surface area contributed by atoms with Gasteiger partial charge in [0.25, 0.3) is 0 Å². The number of carboxylic acids is 1. The van der Waals surface area contributed by atoms with Gasteiger partial charge in [-0.15, -0.1) is 0 Å². The first-order valence-electron chi connectivity index (χ1n) is 6.24. The quantitative estimate of drug-likeness (QED) is 0.780. The van der Waals surface area contributed by atoms with E-state index >= 15 is 0 Å². The molecule has 1 saturated carbocycles. The second-order valence-electron chi connectivity index (χ2n) is 5.49. The van der Waals surface area contributed by atoms with Crippen molar-refractivity contribution in [2.45, 2.75) is 32.2 Å². The summed E-state index contributed by atoms with van der Waals surface area (Å²) in [7, 11) is 0. The SMILES string of the molecule is C=CCOC(=O)N1CC2(CC(C(=O)O)C2)CC1C. The van der Waals surface area contributed by atoms with E-state index in [2.05, 4.69) is 6.58 Å². The van der Waals surface area contributed by atoms with E-state index in [1.54, 1.807) is 4.90 Å². The normalized spacial score (nSPS) is 34.2. The summed E-state index contributed by atoms with van der Waals surface area (Å²) < 4.78 is 5.03. The second kappa shape index (κ2) is 4.63. The van der Waals surface area contributed by atoms with Gasteiger partial charge >= 0.3 is 12.1 Å². The van der Waals surface area contributed by atoms with Gasteiger partial charge in [0.15, 0.2) is 0 Å². The van der Waals surface area contributed by atoms with Crippen molar-refractivity contribution in [3.63, 3.8) is 0 Å². The van der Waals surface area contributed by atoms with E-state index in [1.165, 1.54) is 6.08 Å². The molecule has 2 aliphatic rings. The molecule has 100 valence electrons. The van der Waals surface area contributed by atoms with Crippen molar-refractivity contribution in [2.24, 2.45) is 11.3 Å². The number of ether oxygens (including phenoxy) is 1. The van der Waals surface area contributed by atoms with Gasteiger partial charge in [0.2, 0.25) is 0 Å². The lowest BCUT2D eigenvalue weighted by molar-refractivity contribution is -0.149. The topological polar surface area (TPSA) is 66.8 Å². The van der Waals surface area contributed by atoms with Gasteiger partial charge in [-0.1, -0.05) is 12.7 Å². The highest BCUT2D eigenvalue weighted by molar-refractivity contribution is 5.72. The van der Waals surface area contributed by atoms with Gasteiger partial charge in [-0.2, -0.15) is 0 Å². The summed E-state index contributed by atoms with van der Waals surface area (Å²) in [5.41, 5.74) is 0.00960. The third kappa shape index (κ3) is 2.21. The van der Waals surface area contributed by atoms with Crippen molar-refractivity contribution in [2.75, 3.05) is 13.2 Å². The number of carboxylic acid groups (broad SMARTS) is 1. The average Bonchev–Trinajstić information content (AvgIpc) is 2.62. The Bertz CT molecular complexity index is 373. The van der Waals surface area contributed by atoms with E-state index in [-0.39, 0.29) is 30.1 Å². The Morgan fingerprint density at radius 2 is 2.17 bits per heavy atom. The standard InChI is InChI=1S/C13H19NO4/c1-3-4-18-12(17)14-8-13(5-9(14)2)6-10(7-13)11(15)16/h3,9-10H,1,4-8H2,2H3,(H,15,16). The molecule has 0 bridgehead atoms. The Balaban J connectivity index is 1.92. The Morgan fingerprint density at radius 1 is 1.50 bits per heavy atom. The molecule has 1 N–H and O–H groups in total. The summed E-state index contributed by atoms with van der Waals surface area (Å²) in [6.45, 7) is 6.32. The second-order valence-corrected chi connectivity index (χ2v) is 5.49. The molecule has 1 atom stereocenters. The van der Waals surface area contributed by atoms with Crippen LogP contribution >= 0.6 is 0 Å². The summed E-state index contributed by atoms with van der Waals surface area (Å²) in [6, 6.07) is 0.122. The van der Waals surface area contributed by atoms with Crippen LogP contribution in [0.5, 0.6) is 0 Å². The van der Waals surface area contributed by atoms with Gasteiger partial charge in [0.05, 0.1) is 5.92 Å². The summed E-state index contributed by atoms with van der Waals surface area (Å²) in [4.78, 5) is 24.4. The lowest BCUT2D eigenvalue weighted by atomic mass is 9.61. The zero-order valence-corrected chi connectivity index (χ0v) is 10.6. The fraction of sp³-hybridized carbons (Fsp3) is 0.692.